The first kappa shape index (κ1) is 11.4. The first-order valence-electron chi connectivity index (χ1n) is 6.18. The molecule has 2 N–H and O–H groups in total. The average molecular weight is 219 g/mol. The standard InChI is InChI=1S/C13H21N3/c1-3-6-16(12-4-5-12)13-10(2)7-11(8-14)9-15-13/h7,9,12H,3-6,8,14H2,1-2H3. The van der Waals surface area contributed by atoms with Crippen molar-refractivity contribution in [1.82, 2.24) is 4.98 Å². The number of nitrogens with two attached hydrogens (primary N) is 1. The molecule has 1 aliphatic rings. The summed E-state index contributed by atoms with van der Waals surface area (Å²) in [7, 11) is 0. The van der Waals surface area contributed by atoms with Crippen LogP contribution in [0.3, 0.4) is 0 Å². The minimum absolute atomic E-state index is 0.575. The van der Waals surface area contributed by atoms with Gasteiger partial charge >= 0.3 is 0 Å². The summed E-state index contributed by atoms with van der Waals surface area (Å²) in [5.41, 5.74) is 7.99. The van der Waals surface area contributed by atoms with Gasteiger partial charge in [0, 0.05) is 25.3 Å². The van der Waals surface area contributed by atoms with E-state index >= 15 is 0 Å². The summed E-state index contributed by atoms with van der Waals surface area (Å²) in [4.78, 5) is 7.03. The fraction of sp³-hybridized carbons (Fsp3) is 0.615. The molecule has 16 heavy (non-hydrogen) atoms. The molecule has 0 saturated heterocycles. The molecule has 0 spiro atoms. The average Bonchev–Trinajstić information content (AvgIpc) is 3.10. The molecule has 0 bridgehead atoms. The van der Waals surface area contributed by atoms with E-state index in [2.05, 4.69) is 29.8 Å². The van der Waals surface area contributed by atoms with Crippen molar-refractivity contribution in [3.05, 3.63) is 23.4 Å². The Kier molecular flexibility index (Phi) is 3.44. The highest BCUT2D eigenvalue weighted by Crippen LogP contribution is 2.32. The van der Waals surface area contributed by atoms with Gasteiger partial charge in [0.25, 0.3) is 0 Å². The molecule has 1 heterocycles. The van der Waals surface area contributed by atoms with Crippen molar-refractivity contribution in [1.29, 1.82) is 0 Å². The van der Waals surface area contributed by atoms with Gasteiger partial charge in [-0.15, -0.1) is 0 Å². The smallest absolute Gasteiger partial charge is 0.131 e. The van der Waals surface area contributed by atoms with Crippen LogP contribution in [0.4, 0.5) is 5.82 Å². The predicted molar refractivity (Wildman–Crippen MR) is 67.5 cm³/mol. The highest BCUT2D eigenvalue weighted by molar-refractivity contribution is 5.49. The molecule has 3 nitrogen and oxygen atoms in total. The van der Waals surface area contributed by atoms with Gasteiger partial charge in [0.05, 0.1) is 0 Å². The Morgan fingerprint density at radius 2 is 2.25 bits per heavy atom. The van der Waals surface area contributed by atoms with Gasteiger partial charge in [0.15, 0.2) is 0 Å². The first-order chi connectivity index (χ1) is 7.76. The number of pyridine rings is 1. The second-order valence-electron chi connectivity index (χ2n) is 4.61. The van der Waals surface area contributed by atoms with Crippen LogP contribution in [0.25, 0.3) is 0 Å². The summed E-state index contributed by atoms with van der Waals surface area (Å²) in [5, 5.41) is 0. The van der Waals surface area contributed by atoms with Crippen LogP contribution in [0.5, 0.6) is 0 Å². The third-order valence-corrected chi connectivity index (χ3v) is 3.07. The molecule has 1 fully saturated rings. The maximum atomic E-state index is 5.62. The molecule has 0 radical (unpaired) electrons. The predicted octanol–water partition coefficient (Wildman–Crippen LogP) is 2.23. The monoisotopic (exact) mass is 219 g/mol. The van der Waals surface area contributed by atoms with Crippen LogP contribution in [-0.2, 0) is 6.54 Å². The third kappa shape index (κ3) is 2.35. The number of hydrogen-bond acceptors (Lipinski definition) is 3. The van der Waals surface area contributed by atoms with Gasteiger partial charge in [0.2, 0.25) is 0 Å². The molecule has 1 aromatic rings. The molecule has 1 saturated carbocycles. The van der Waals surface area contributed by atoms with Gasteiger partial charge in [-0.05, 0) is 43.4 Å². The lowest BCUT2D eigenvalue weighted by atomic mass is 10.2. The lowest BCUT2D eigenvalue weighted by molar-refractivity contribution is 0.746. The van der Waals surface area contributed by atoms with Crippen molar-refractivity contribution in [2.75, 3.05) is 11.4 Å². The maximum absolute atomic E-state index is 5.62. The van der Waals surface area contributed by atoms with Gasteiger partial charge in [-0.1, -0.05) is 6.92 Å². The van der Waals surface area contributed by atoms with E-state index in [0.717, 1.165) is 24.0 Å². The molecule has 0 aliphatic heterocycles. The topological polar surface area (TPSA) is 42.2 Å². The van der Waals surface area contributed by atoms with Crippen LogP contribution in [0, 0.1) is 6.92 Å². The van der Waals surface area contributed by atoms with Crippen molar-refractivity contribution < 1.29 is 0 Å². The number of nitrogens with zero attached hydrogens (tertiary/aromatic N) is 2. The van der Waals surface area contributed by atoms with Crippen LogP contribution in [0.2, 0.25) is 0 Å². The van der Waals surface area contributed by atoms with Crippen molar-refractivity contribution in [2.45, 2.75) is 45.7 Å². The Morgan fingerprint density at radius 3 is 2.75 bits per heavy atom. The molecule has 3 heteroatoms. The molecule has 0 atom stereocenters. The quantitative estimate of drug-likeness (QED) is 0.825. The Labute approximate surface area is 97.7 Å². The number of hydrogen-bond donors (Lipinski definition) is 1. The van der Waals surface area contributed by atoms with Crippen molar-refractivity contribution in [2.24, 2.45) is 5.73 Å². The summed E-state index contributed by atoms with van der Waals surface area (Å²) in [6, 6.07) is 2.89. The minimum Gasteiger partial charge on any atom is -0.353 e. The Morgan fingerprint density at radius 1 is 1.50 bits per heavy atom. The largest absolute Gasteiger partial charge is 0.353 e. The summed E-state index contributed by atoms with van der Waals surface area (Å²) in [5.74, 6) is 1.15. The lowest BCUT2D eigenvalue weighted by Gasteiger charge is -2.24. The fourth-order valence-corrected chi connectivity index (χ4v) is 2.13. The third-order valence-electron chi connectivity index (χ3n) is 3.07. The Hall–Kier alpha value is -1.09. The molecule has 1 aliphatic carbocycles. The maximum Gasteiger partial charge on any atom is 0.131 e. The van der Waals surface area contributed by atoms with Crippen LogP contribution in [0.15, 0.2) is 12.3 Å². The second-order valence-corrected chi connectivity index (χ2v) is 4.61. The van der Waals surface area contributed by atoms with Crippen LogP contribution >= 0.6 is 0 Å². The number of anilines is 1. The molecule has 2 rings (SSSR count). The first-order valence-corrected chi connectivity index (χ1v) is 6.18. The van der Waals surface area contributed by atoms with Crippen LogP contribution in [-0.4, -0.2) is 17.6 Å². The lowest BCUT2D eigenvalue weighted by Crippen LogP contribution is -2.28. The Balaban J connectivity index is 2.22. The zero-order chi connectivity index (χ0) is 11.5. The summed E-state index contributed by atoms with van der Waals surface area (Å²) >= 11 is 0. The highest BCUT2D eigenvalue weighted by Gasteiger charge is 2.30. The second kappa shape index (κ2) is 4.83. The SMILES string of the molecule is CCCN(c1ncc(CN)cc1C)C1CC1. The molecule has 1 aromatic heterocycles. The van der Waals surface area contributed by atoms with Gasteiger partial charge in [0.1, 0.15) is 5.82 Å². The van der Waals surface area contributed by atoms with Crippen molar-refractivity contribution in [3.8, 4) is 0 Å². The minimum atomic E-state index is 0.575. The van der Waals surface area contributed by atoms with E-state index in [-0.39, 0.29) is 0 Å². The molecule has 0 unspecified atom stereocenters. The zero-order valence-electron chi connectivity index (χ0n) is 10.2. The van der Waals surface area contributed by atoms with Crippen LogP contribution in [0.1, 0.15) is 37.3 Å². The van der Waals surface area contributed by atoms with Gasteiger partial charge in [-0.2, -0.15) is 0 Å². The number of rotatable bonds is 5. The zero-order valence-corrected chi connectivity index (χ0v) is 10.2. The van der Waals surface area contributed by atoms with Crippen molar-refractivity contribution >= 4 is 5.82 Å². The number of aryl methyl sites for hydroxylation is 1. The summed E-state index contributed by atoms with van der Waals surface area (Å²) in [6.45, 7) is 6.04. The van der Waals surface area contributed by atoms with E-state index in [4.69, 9.17) is 5.73 Å². The highest BCUT2D eigenvalue weighted by atomic mass is 15.2. The summed E-state index contributed by atoms with van der Waals surface area (Å²) < 4.78 is 0. The molecule has 88 valence electrons. The van der Waals surface area contributed by atoms with Crippen LogP contribution < -0.4 is 10.6 Å². The van der Waals surface area contributed by atoms with Crippen molar-refractivity contribution in [3.63, 3.8) is 0 Å². The van der Waals surface area contributed by atoms with E-state index in [1.54, 1.807) is 0 Å². The fourth-order valence-electron chi connectivity index (χ4n) is 2.13. The van der Waals surface area contributed by atoms with E-state index in [1.165, 1.54) is 24.8 Å². The van der Waals surface area contributed by atoms with Gasteiger partial charge in [-0.25, -0.2) is 4.98 Å². The summed E-state index contributed by atoms with van der Waals surface area (Å²) in [6.07, 6.45) is 5.73. The van der Waals surface area contributed by atoms with Gasteiger partial charge in [-0.3, -0.25) is 0 Å². The van der Waals surface area contributed by atoms with Gasteiger partial charge < -0.3 is 10.6 Å². The number of aromatic nitrogens is 1. The van der Waals surface area contributed by atoms with E-state index in [1.807, 2.05) is 6.20 Å². The molecular weight excluding hydrogens is 198 g/mol. The van der Waals surface area contributed by atoms with E-state index in [9.17, 15) is 0 Å². The normalized spacial score (nSPS) is 15.2. The molecule has 0 amide bonds. The molecular formula is C13H21N3. The van der Waals surface area contributed by atoms with E-state index in [0.29, 0.717) is 6.54 Å². The Bertz CT molecular complexity index is 358. The van der Waals surface area contributed by atoms with E-state index < -0.39 is 0 Å². The molecule has 0 aromatic carbocycles.